The van der Waals surface area contributed by atoms with E-state index >= 15 is 0 Å². The minimum absolute atomic E-state index is 0.0434. The number of halogens is 2. The van der Waals surface area contributed by atoms with Crippen molar-refractivity contribution in [3.05, 3.63) is 83.4 Å². The predicted molar refractivity (Wildman–Crippen MR) is 78.3 cm³/mol. The Hall–Kier alpha value is -2.55. The van der Waals surface area contributed by atoms with Crippen molar-refractivity contribution in [3.63, 3.8) is 0 Å². The maximum Gasteiger partial charge on any atom is 0.170 e. The second kappa shape index (κ2) is 5.44. The summed E-state index contributed by atoms with van der Waals surface area (Å²) in [5.41, 5.74) is 0.602. The molecule has 21 heavy (non-hydrogen) atoms. The molecule has 0 unspecified atom stereocenters. The van der Waals surface area contributed by atoms with E-state index in [1.807, 2.05) is 42.5 Å². The lowest BCUT2D eigenvalue weighted by Gasteiger charge is -2.07. The fraction of sp³-hybridized carbons (Fsp3) is 0.0556. The molecule has 0 spiro atoms. The summed E-state index contributed by atoms with van der Waals surface area (Å²) in [5.74, 6) is -1.73. The zero-order valence-electron chi connectivity index (χ0n) is 11.1. The van der Waals surface area contributed by atoms with E-state index in [4.69, 9.17) is 0 Å². The predicted octanol–water partition coefficient (Wildman–Crippen LogP) is 4.54. The van der Waals surface area contributed by atoms with E-state index in [1.54, 1.807) is 0 Å². The minimum atomic E-state index is -0.693. The molecule has 3 rings (SSSR count). The summed E-state index contributed by atoms with van der Waals surface area (Å²) in [5, 5.41) is 1.97. The molecule has 3 heteroatoms. The molecule has 0 aromatic heterocycles. The van der Waals surface area contributed by atoms with Gasteiger partial charge in [0.15, 0.2) is 5.78 Å². The number of hydrogen-bond acceptors (Lipinski definition) is 1. The molecule has 0 N–H and O–H groups in total. The van der Waals surface area contributed by atoms with Gasteiger partial charge in [-0.3, -0.25) is 4.79 Å². The van der Waals surface area contributed by atoms with Crippen LogP contribution in [-0.2, 0) is 6.42 Å². The smallest absolute Gasteiger partial charge is 0.170 e. The summed E-state index contributed by atoms with van der Waals surface area (Å²) in [6.45, 7) is 0. The quantitative estimate of drug-likeness (QED) is 0.644. The second-order valence-electron chi connectivity index (χ2n) is 4.86. The van der Waals surface area contributed by atoms with Crippen LogP contribution in [0.2, 0.25) is 0 Å². The molecule has 0 saturated heterocycles. The number of benzene rings is 3. The number of rotatable bonds is 3. The third-order valence-electron chi connectivity index (χ3n) is 3.46. The molecule has 1 nitrogen and oxygen atoms in total. The van der Waals surface area contributed by atoms with Crippen LogP contribution in [0.15, 0.2) is 60.7 Å². The number of fused-ring (bicyclic) bond motifs is 1. The number of carbonyl (C=O) groups excluding carboxylic acids is 1. The highest BCUT2D eigenvalue weighted by molar-refractivity contribution is 6.00. The van der Waals surface area contributed by atoms with Crippen molar-refractivity contribution in [1.29, 1.82) is 0 Å². The molecule has 0 heterocycles. The van der Waals surface area contributed by atoms with Gasteiger partial charge in [-0.05, 0) is 34.5 Å². The molecule has 0 saturated carbocycles. The third kappa shape index (κ3) is 2.68. The Labute approximate surface area is 120 Å². The molecule has 0 amide bonds. The number of carbonyl (C=O) groups is 1. The monoisotopic (exact) mass is 282 g/mol. The SMILES string of the molecule is O=C(Cc1cccc2ccccc12)c1cc(F)ccc1F. The molecule has 0 aliphatic rings. The fourth-order valence-electron chi connectivity index (χ4n) is 2.43. The number of hydrogen-bond donors (Lipinski definition) is 0. The molecule has 0 fully saturated rings. The van der Waals surface area contributed by atoms with E-state index in [0.717, 1.165) is 34.5 Å². The average molecular weight is 282 g/mol. The van der Waals surface area contributed by atoms with Crippen LogP contribution < -0.4 is 0 Å². The van der Waals surface area contributed by atoms with Crippen LogP contribution in [0.1, 0.15) is 15.9 Å². The summed E-state index contributed by atoms with van der Waals surface area (Å²) >= 11 is 0. The van der Waals surface area contributed by atoms with Gasteiger partial charge in [0.2, 0.25) is 0 Å². The second-order valence-corrected chi connectivity index (χ2v) is 4.86. The van der Waals surface area contributed by atoms with Crippen molar-refractivity contribution in [2.45, 2.75) is 6.42 Å². The van der Waals surface area contributed by atoms with Crippen LogP contribution in [0.4, 0.5) is 8.78 Å². The zero-order chi connectivity index (χ0) is 14.8. The molecular weight excluding hydrogens is 270 g/mol. The van der Waals surface area contributed by atoms with Gasteiger partial charge in [-0.25, -0.2) is 8.78 Å². The lowest BCUT2D eigenvalue weighted by molar-refractivity contribution is 0.0989. The first-order valence-electron chi connectivity index (χ1n) is 6.60. The van der Waals surface area contributed by atoms with Gasteiger partial charge in [0.1, 0.15) is 11.6 Å². The van der Waals surface area contributed by atoms with Gasteiger partial charge < -0.3 is 0 Å². The molecule has 0 atom stereocenters. The summed E-state index contributed by atoms with van der Waals surface area (Å²) in [6, 6.07) is 16.2. The summed E-state index contributed by atoms with van der Waals surface area (Å²) in [4.78, 5) is 12.2. The van der Waals surface area contributed by atoms with Gasteiger partial charge in [0.05, 0.1) is 5.56 Å². The van der Waals surface area contributed by atoms with Crippen LogP contribution >= 0.6 is 0 Å². The van der Waals surface area contributed by atoms with Crippen molar-refractivity contribution in [2.24, 2.45) is 0 Å². The highest BCUT2D eigenvalue weighted by atomic mass is 19.1. The van der Waals surface area contributed by atoms with E-state index in [2.05, 4.69) is 0 Å². The number of ketones is 1. The van der Waals surface area contributed by atoms with E-state index in [-0.39, 0.29) is 12.0 Å². The van der Waals surface area contributed by atoms with Crippen LogP contribution in [0, 0.1) is 11.6 Å². The Bertz CT molecular complexity index is 819. The average Bonchev–Trinajstić information content (AvgIpc) is 2.50. The maximum atomic E-state index is 13.6. The van der Waals surface area contributed by atoms with E-state index in [1.165, 1.54) is 0 Å². The first-order chi connectivity index (χ1) is 10.1. The standard InChI is InChI=1S/C18H12F2O/c19-14-8-9-17(20)16(11-14)18(21)10-13-6-3-5-12-4-1-2-7-15(12)13/h1-9,11H,10H2. The van der Waals surface area contributed by atoms with E-state index in [0.29, 0.717) is 0 Å². The minimum Gasteiger partial charge on any atom is -0.294 e. The topological polar surface area (TPSA) is 17.1 Å². The molecule has 0 radical (unpaired) electrons. The van der Waals surface area contributed by atoms with Gasteiger partial charge in [-0.1, -0.05) is 42.5 Å². The van der Waals surface area contributed by atoms with Crippen LogP contribution in [0.5, 0.6) is 0 Å². The third-order valence-corrected chi connectivity index (χ3v) is 3.46. The lowest BCUT2D eigenvalue weighted by Crippen LogP contribution is -2.07. The molecule has 0 bridgehead atoms. The highest BCUT2D eigenvalue weighted by Crippen LogP contribution is 2.21. The van der Waals surface area contributed by atoms with Gasteiger partial charge in [-0.2, -0.15) is 0 Å². The van der Waals surface area contributed by atoms with Crippen LogP contribution in [0.3, 0.4) is 0 Å². The van der Waals surface area contributed by atoms with Crippen LogP contribution in [0.25, 0.3) is 10.8 Å². The van der Waals surface area contributed by atoms with Crippen molar-refractivity contribution >= 4 is 16.6 Å². The Kier molecular flexibility index (Phi) is 3.48. The largest absolute Gasteiger partial charge is 0.294 e. The molecular formula is C18H12F2O. The van der Waals surface area contributed by atoms with Crippen molar-refractivity contribution in [2.75, 3.05) is 0 Å². The highest BCUT2D eigenvalue weighted by Gasteiger charge is 2.14. The van der Waals surface area contributed by atoms with Crippen molar-refractivity contribution in [1.82, 2.24) is 0 Å². The Morgan fingerprint density at radius 2 is 1.67 bits per heavy atom. The van der Waals surface area contributed by atoms with Gasteiger partial charge in [0, 0.05) is 6.42 Å². The Balaban J connectivity index is 1.99. The Morgan fingerprint density at radius 3 is 2.52 bits per heavy atom. The first kappa shape index (κ1) is 13.4. The normalized spacial score (nSPS) is 10.8. The maximum absolute atomic E-state index is 13.6. The zero-order valence-corrected chi connectivity index (χ0v) is 11.1. The molecule has 0 aliphatic carbocycles. The lowest BCUT2D eigenvalue weighted by atomic mass is 9.97. The molecule has 3 aromatic rings. The van der Waals surface area contributed by atoms with E-state index < -0.39 is 17.4 Å². The molecule has 0 aliphatic heterocycles. The Morgan fingerprint density at radius 1 is 0.905 bits per heavy atom. The van der Waals surface area contributed by atoms with Gasteiger partial charge >= 0.3 is 0 Å². The fourth-order valence-corrected chi connectivity index (χ4v) is 2.43. The van der Waals surface area contributed by atoms with Crippen molar-refractivity contribution in [3.8, 4) is 0 Å². The first-order valence-corrected chi connectivity index (χ1v) is 6.60. The summed E-state index contributed by atoms with van der Waals surface area (Å²) in [7, 11) is 0. The van der Waals surface area contributed by atoms with Gasteiger partial charge in [-0.15, -0.1) is 0 Å². The number of Topliss-reactive ketones (excluding diaryl/α,β-unsaturated/α-hetero) is 1. The summed E-state index contributed by atoms with van der Waals surface area (Å²) < 4.78 is 26.8. The van der Waals surface area contributed by atoms with Gasteiger partial charge in [0.25, 0.3) is 0 Å². The molecule has 3 aromatic carbocycles. The van der Waals surface area contributed by atoms with E-state index in [9.17, 15) is 13.6 Å². The summed E-state index contributed by atoms with van der Waals surface area (Å²) in [6.07, 6.45) is 0.0434. The van der Waals surface area contributed by atoms with Crippen molar-refractivity contribution < 1.29 is 13.6 Å². The molecule has 104 valence electrons. The van der Waals surface area contributed by atoms with Crippen LogP contribution in [-0.4, -0.2) is 5.78 Å².